The predicted octanol–water partition coefficient (Wildman–Crippen LogP) is 19.3. The highest BCUT2D eigenvalue weighted by Gasteiger charge is 2.48. The van der Waals surface area contributed by atoms with Crippen LogP contribution >= 0.6 is 0 Å². The molecule has 0 atom stereocenters. The van der Waals surface area contributed by atoms with Crippen LogP contribution in [0.4, 0.5) is 17.1 Å². The van der Waals surface area contributed by atoms with E-state index in [2.05, 4.69) is 260 Å². The molecule has 0 aromatic heterocycles. The number of nitrogens with zero attached hydrogens (tertiary/aromatic N) is 1. The van der Waals surface area contributed by atoms with E-state index in [1.165, 1.54) is 144 Å². The number of para-hydroxylation sites is 1. The maximum Gasteiger partial charge on any atom is 0.0714 e. The lowest BCUT2D eigenvalue weighted by molar-refractivity contribution is 0.353. The van der Waals surface area contributed by atoms with E-state index >= 15 is 0 Å². The Hall–Kier alpha value is -7.22. The minimum atomic E-state index is -0.582. The van der Waals surface area contributed by atoms with Gasteiger partial charge in [-0.1, -0.05) is 245 Å². The molecule has 0 saturated heterocycles. The van der Waals surface area contributed by atoms with Gasteiger partial charge in [0.15, 0.2) is 0 Å². The summed E-state index contributed by atoms with van der Waals surface area (Å²) in [6.45, 7) is 18.8. The third-order valence-electron chi connectivity index (χ3n) is 17.9. The summed E-state index contributed by atoms with van der Waals surface area (Å²) >= 11 is 0. The minimum Gasteiger partial charge on any atom is -0.310 e. The van der Waals surface area contributed by atoms with Gasteiger partial charge >= 0.3 is 0 Å². The first-order valence-electron chi connectivity index (χ1n) is 27.1. The molecule has 0 radical (unpaired) electrons. The van der Waals surface area contributed by atoms with Crippen LogP contribution in [0.1, 0.15) is 143 Å². The van der Waals surface area contributed by atoms with E-state index in [-0.39, 0.29) is 21.7 Å². The Balaban J connectivity index is 1.09. The fourth-order valence-electron chi connectivity index (χ4n) is 14.3. The number of rotatable bonds is 6. The second-order valence-electron chi connectivity index (χ2n) is 24.3. The molecule has 13 rings (SSSR count). The van der Waals surface area contributed by atoms with E-state index in [9.17, 15) is 0 Å². The van der Waals surface area contributed by atoms with Gasteiger partial charge in [-0.3, -0.25) is 0 Å². The Labute approximate surface area is 434 Å². The molecule has 4 aliphatic carbocycles. The molecule has 0 unspecified atom stereocenters. The van der Waals surface area contributed by atoms with Crippen LogP contribution < -0.4 is 4.90 Å². The maximum atomic E-state index is 2.63. The lowest BCUT2D eigenvalue weighted by Gasteiger charge is -2.37. The molecule has 1 nitrogen and oxygen atoms in total. The highest BCUT2D eigenvalue weighted by atomic mass is 15.1. The lowest BCUT2D eigenvalue weighted by Crippen LogP contribution is -2.29. The topological polar surface area (TPSA) is 3.24 Å². The van der Waals surface area contributed by atoms with Gasteiger partial charge in [0.05, 0.1) is 11.1 Å². The average molecular weight is 946 g/mol. The Morgan fingerprint density at radius 3 is 1.36 bits per heavy atom. The smallest absolute Gasteiger partial charge is 0.0714 e. The van der Waals surface area contributed by atoms with Crippen LogP contribution in [0.15, 0.2) is 200 Å². The molecule has 1 heteroatoms. The molecule has 0 aliphatic heterocycles. The number of anilines is 3. The normalized spacial score (nSPS) is 16.3. The van der Waals surface area contributed by atoms with E-state index in [1.54, 1.807) is 0 Å². The van der Waals surface area contributed by atoms with E-state index in [1.807, 2.05) is 0 Å². The number of benzene rings is 9. The molecule has 0 heterocycles. The third-order valence-corrected chi connectivity index (χ3v) is 17.9. The minimum absolute atomic E-state index is 0.00853. The Bertz CT molecular complexity index is 3580. The molecule has 360 valence electrons. The van der Waals surface area contributed by atoms with E-state index < -0.39 is 5.41 Å². The molecule has 0 N–H and O–H groups in total. The summed E-state index contributed by atoms with van der Waals surface area (Å²) < 4.78 is 0. The maximum absolute atomic E-state index is 2.63. The second-order valence-corrected chi connectivity index (χ2v) is 24.3. The average Bonchev–Trinajstić information content (AvgIpc) is 3.95. The molecule has 1 fully saturated rings. The van der Waals surface area contributed by atoms with Crippen molar-refractivity contribution in [3.8, 4) is 44.5 Å². The van der Waals surface area contributed by atoms with Gasteiger partial charge in [-0.05, 0) is 149 Å². The highest BCUT2D eigenvalue weighted by Crippen LogP contribution is 2.61. The van der Waals surface area contributed by atoms with Crippen LogP contribution in [0.5, 0.6) is 0 Å². The molecule has 1 saturated carbocycles. The summed E-state index contributed by atoms with van der Waals surface area (Å²) in [5.74, 6) is 0. The number of fused-ring (bicyclic) bond motifs is 11. The van der Waals surface area contributed by atoms with Crippen molar-refractivity contribution in [2.24, 2.45) is 0 Å². The standard InChI is InChI=1S/C72H67N/c1-68(2,3)47-31-35-49(36-32-47)72(50-37-33-48(34-38-50)69(4,5)6)63-29-16-12-22-54(63)57-42-40-52(46-65(57)72)73(51-39-41-56-53-21-11-15-28-62(53)71(64(56)45-51)43-18-9-19-44-71)66-30-17-13-24-58(66)60-26-20-25-59-55-23-10-14-27-61(55)70(7,8)67(59)60/h10-17,20-42,45-46H,9,18-19,43-44H2,1-8H3. The largest absolute Gasteiger partial charge is 0.310 e. The Morgan fingerprint density at radius 1 is 0.356 bits per heavy atom. The van der Waals surface area contributed by atoms with Crippen molar-refractivity contribution in [3.05, 3.63) is 256 Å². The van der Waals surface area contributed by atoms with Gasteiger partial charge in [-0.15, -0.1) is 0 Å². The number of hydrogen-bond donors (Lipinski definition) is 0. The van der Waals surface area contributed by atoms with Crippen LogP contribution in [-0.2, 0) is 27.1 Å². The van der Waals surface area contributed by atoms with Crippen LogP contribution in [0.25, 0.3) is 44.5 Å². The molecule has 9 aromatic rings. The van der Waals surface area contributed by atoms with Gasteiger partial charge in [-0.25, -0.2) is 0 Å². The zero-order valence-electron chi connectivity index (χ0n) is 44.0. The molecular weight excluding hydrogens is 879 g/mol. The van der Waals surface area contributed by atoms with Crippen LogP contribution in [0.3, 0.4) is 0 Å². The molecule has 0 bridgehead atoms. The first kappa shape index (κ1) is 45.6. The predicted molar refractivity (Wildman–Crippen MR) is 308 cm³/mol. The first-order chi connectivity index (χ1) is 35.2. The van der Waals surface area contributed by atoms with Gasteiger partial charge < -0.3 is 4.90 Å². The molecule has 4 aliphatic rings. The van der Waals surface area contributed by atoms with Crippen molar-refractivity contribution >= 4 is 17.1 Å². The quantitative estimate of drug-likeness (QED) is 0.161. The molecule has 9 aromatic carbocycles. The van der Waals surface area contributed by atoms with Crippen LogP contribution in [0.2, 0.25) is 0 Å². The highest BCUT2D eigenvalue weighted by molar-refractivity contribution is 5.97. The van der Waals surface area contributed by atoms with Crippen LogP contribution in [-0.4, -0.2) is 0 Å². The number of hydrogen-bond acceptors (Lipinski definition) is 1. The fourth-order valence-corrected chi connectivity index (χ4v) is 14.3. The summed E-state index contributed by atoms with van der Waals surface area (Å²) in [5, 5.41) is 0. The van der Waals surface area contributed by atoms with Crippen LogP contribution in [0, 0.1) is 0 Å². The van der Waals surface area contributed by atoms with Crippen molar-refractivity contribution < 1.29 is 0 Å². The second kappa shape index (κ2) is 16.4. The summed E-state index contributed by atoms with van der Waals surface area (Å²) in [6.07, 6.45) is 6.18. The molecule has 0 amide bonds. The molecule has 73 heavy (non-hydrogen) atoms. The molecule has 1 spiro atoms. The summed E-state index contributed by atoms with van der Waals surface area (Å²) in [4.78, 5) is 2.63. The zero-order valence-corrected chi connectivity index (χ0v) is 44.0. The Kier molecular flexibility index (Phi) is 10.2. The van der Waals surface area contributed by atoms with Gasteiger partial charge in [0.1, 0.15) is 0 Å². The van der Waals surface area contributed by atoms with E-state index in [4.69, 9.17) is 0 Å². The van der Waals surface area contributed by atoms with Gasteiger partial charge in [0.25, 0.3) is 0 Å². The fraction of sp³-hybridized carbons (Fsp3) is 0.250. The van der Waals surface area contributed by atoms with Crippen molar-refractivity contribution in [2.45, 2.75) is 115 Å². The van der Waals surface area contributed by atoms with Crippen molar-refractivity contribution in [1.29, 1.82) is 0 Å². The van der Waals surface area contributed by atoms with E-state index in [0.717, 1.165) is 5.69 Å². The van der Waals surface area contributed by atoms with Crippen molar-refractivity contribution in [1.82, 2.24) is 0 Å². The van der Waals surface area contributed by atoms with Gasteiger partial charge in [-0.2, -0.15) is 0 Å². The molecular formula is C72H67N. The van der Waals surface area contributed by atoms with Crippen molar-refractivity contribution in [3.63, 3.8) is 0 Å². The SMILES string of the molecule is CC(C)(C)c1ccc(C2(c3ccc(C(C)(C)C)cc3)c3ccccc3-c3ccc(N(c4ccc5c(c4)C4(CCCCC4)c4ccccc4-5)c4ccccc4-c4cccc5c4C(C)(C)c4ccccc4-5)cc32)cc1. The zero-order chi connectivity index (χ0) is 50.1. The summed E-state index contributed by atoms with van der Waals surface area (Å²) in [5.41, 5.74) is 27.1. The summed E-state index contributed by atoms with van der Waals surface area (Å²) in [6, 6.07) is 78.1. The lowest BCUT2D eigenvalue weighted by atomic mass is 9.67. The van der Waals surface area contributed by atoms with Gasteiger partial charge in [0.2, 0.25) is 0 Å². The first-order valence-corrected chi connectivity index (χ1v) is 27.1. The Morgan fingerprint density at radius 2 is 0.781 bits per heavy atom. The summed E-state index contributed by atoms with van der Waals surface area (Å²) in [7, 11) is 0. The van der Waals surface area contributed by atoms with Crippen molar-refractivity contribution in [2.75, 3.05) is 4.90 Å². The van der Waals surface area contributed by atoms with E-state index in [0.29, 0.717) is 0 Å². The monoisotopic (exact) mass is 946 g/mol. The van der Waals surface area contributed by atoms with Gasteiger partial charge in [0, 0.05) is 27.8 Å². The third kappa shape index (κ3) is 6.73.